The molecule has 0 radical (unpaired) electrons. The first-order chi connectivity index (χ1) is 7.52. The van der Waals surface area contributed by atoms with Crippen LogP contribution in [0, 0.1) is 12.7 Å². The molecule has 0 bridgehead atoms. The molecule has 16 heavy (non-hydrogen) atoms. The van der Waals surface area contributed by atoms with Crippen LogP contribution >= 0.6 is 0 Å². The van der Waals surface area contributed by atoms with Crippen molar-refractivity contribution in [2.75, 3.05) is 5.32 Å². The van der Waals surface area contributed by atoms with E-state index in [2.05, 4.69) is 5.32 Å². The van der Waals surface area contributed by atoms with Gasteiger partial charge in [-0.05, 0) is 37.1 Å². The Kier molecular flexibility index (Phi) is 4.43. The van der Waals surface area contributed by atoms with E-state index in [0.29, 0.717) is 12.1 Å². The van der Waals surface area contributed by atoms with Gasteiger partial charge in [-0.25, -0.2) is 4.39 Å². The molecule has 3 nitrogen and oxygen atoms in total. The number of hydrogen-bond acceptors (Lipinski definition) is 2. The summed E-state index contributed by atoms with van der Waals surface area (Å²) in [5.74, 6) is -0.633. The molecule has 0 fully saturated rings. The van der Waals surface area contributed by atoms with E-state index in [1.807, 2.05) is 6.92 Å². The lowest BCUT2D eigenvalue weighted by atomic mass is 10.1. The zero-order valence-electron chi connectivity index (χ0n) is 9.59. The highest BCUT2D eigenvalue weighted by Gasteiger charge is 2.12. The lowest BCUT2D eigenvalue weighted by molar-refractivity contribution is -0.117. The molecule has 3 N–H and O–H groups in total. The van der Waals surface area contributed by atoms with Crippen LogP contribution < -0.4 is 11.1 Å². The summed E-state index contributed by atoms with van der Waals surface area (Å²) in [6.45, 7) is 3.73. The van der Waals surface area contributed by atoms with Crippen LogP contribution in [-0.2, 0) is 4.79 Å². The second kappa shape index (κ2) is 5.61. The van der Waals surface area contributed by atoms with Crippen molar-refractivity contribution in [3.05, 3.63) is 29.6 Å². The van der Waals surface area contributed by atoms with E-state index in [9.17, 15) is 9.18 Å². The van der Waals surface area contributed by atoms with Crippen LogP contribution in [0.5, 0.6) is 0 Å². The molecular weight excluding hydrogens is 207 g/mol. The Morgan fingerprint density at radius 1 is 1.50 bits per heavy atom. The van der Waals surface area contributed by atoms with Gasteiger partial charge in [-0.2, -0.15) is 0 Å². The Morgan fingerprint density at radius 2 is 2.19 bits per heavy atom. The predicted octanol–water partition coefficient (Wildman–Crippen LogP) is 2.20. The van der Waals surface area contributed by atoms with E-state index < -0.39 is 6.04 Å². The van der Waals surface area contributed by atoms with Crippen molar-refractivity contribution >= 4 is 11.6 Å². The average molecular weight is 224 g/mol. The smallest absolute Gasteiger partial charge is 0.241 e. The number of rotatable bonds is 4. The van der Waals surface area contributed by atoms with Crippen molar-refractivity contribution in [2.24, 2.45) is 5.73 Å². The highest BCUT2D eigenvalue weighted by molar-refractivity contribution is 5.94. The number of amides is 1. The quantitative estimate of drug-likeness (QED) is 0.823. The minimum atomic E-state index is -0.534. The van der Waals surface area contributed by atoms with Crippen LogP contribution in [0.1, 0.15) is 25.3 Å². The fraction of sp³-hybridized carbons (Fsp3) is 0.417. The van der Waals surface area contributed by atoms with Crippen molar-refractivity contribution in [1.29, 1.82) is 0 Å². The predicted molar refractivity (Wildman–Crippen MR) is 62.7 cm³/mol. The second-order valence-electron chi connectivity index (χ2n) is 3.90. The Hall–Kier alpha value is -1.42. The number of carbonyl (C=O) groups excluding carboxylic acids is 1. The van der Waals surface area contributed by atoms with Crippen molar-refractivity contribution in [3.63, 3.8) is 0 Å². The van der Waals surface area contributed by atoms with Crippen molar-refractivity contribution in [1.82, 2.24) is 0 Å². The fourth-order valence-electron chi connectivity index (χ4n) is 1.49. The molecule has 1 atom stereocenters. The molecule has 1 amide bonds. The summed E-state index contributed by atoms with van der Waals surface area (Å²) in [6.07, 6.45) is 1.47. The summed E-state index contributed by atoms with van der Waals surface area (Å²) in [6, 6.07) is 3.86. The summed E-state index contributed by atoms with van der Waals surface area (Å²) < 4.78 is 13.0. The molecule has 88 valence electrons. The first kappa shape index (κ1) is 12.6. The van der Waals surface area contributed by atoms with Crippen LogP contribution in [0.3, 0.4) is 0 Å². The maximum atomic E-state index is 13.0. The van der Waals surface area contributed by atoms with Crippen LogP contribution in [0.15, 0.2) is 18.2 Å². The van der Waals surface area contributed by atoms with Gasteiger partial charge in [0.25, 0.3) is 0 Å². The third-order valence-electron chi connectivity index (χ3n) is 2.25. The maximum Gasteiger partial charge on any atom is 0.241 e. The highest BCUT2D eigenvalue weighted by atomic mass is 19.1. The SMILES string of the molecule is CCC[C@@H](N)C(=O)Nc1cc(C)cc(F)c1. The Labute approximate surface area is 94.8 Å². The lowest BCUT2D eigenvalue weighted by Gasteiger charge is -2.11. The van der Waals surface area contributed by atoms with Gasteiger partial charge in [0, 0.05) is 5.69 Å². The molecule has 1 aromatic carbocycles. The number of aryl methyl sites for hydroxylation is 1. The van der Waals surface area contributed by atoms with Gasteiger partial charge in [0.15, 0.2) is 0 Å². The Bertz CT molecular complexity index is 359. The molecule has 4 heteroatoms. The van der Waals surface area contributed by atoms with Gasteiger partial charge >= 0.3 is 0 Å². The van der Waals surface area contributed by atoms with Crippen LogP contribution in [0.25, 0.3) is 0 Å². The molecule has 1 rings (SSSR count). The first-order valence-corrected chi connectivity index (χ1v) is 5.36. The van der Waals surface area contributed by atoms with E-state index in [1.165, 1.54) is 12.1 Å². The van der Waals surface area contributed by atoms with E-state index >= 15 is 0 Å². The fourth-order valence-corrected chi connectivity index (χ4v) is 1.49. The van der Waals surface area contributed by atoms with Gasteiger partial charge in [-0.1, -0.05) is 13.3 Å². The number of nitrogens with one attached hydrogen (secondary N) is 1. The number of benzene rings is 1. The normalized spacial score (nSPS) is 12.2. The van der Waals surface area contributed by atoms with E-state index in [-0.39, 0.29) is 11.7 Å². The molecule has 0 aliphatic rings. The zero-order chi connectivity index (χ0) is 12.1. The van der Waals surface area contributed by atoms with Gasteiger partial charge in [0.1, 0.15) is 5.82 Å². The largest absolute Gasteiger partial charge is 0.325 e. The monoisotopic (exact) mass is 224 g/mol. The Balaban J connectivity index is 2.69. The molecule has 0 aliphatic carbocycles. The molecule has 0 saturated heterocycles. The van der Waals surface area contributed by atoms with Gasteiger partial charge in [-0.15, -0.1) is 0 Å². The third kappa shape index (κ3) is 3.62. The van der Waals surface area contributed by atoms with Crippen LogP contribution in [-0.4, -0.2) is 11.9 Å². The minimum Gasteiger partial charge on any atom is -0.325 e. The number of carbonyl (C=O) groups is 1. The zero-order valence-corrected chi connectivity index (χ0v) is 9.59. The Morgan fingerprint density at radius 3 is 2.75 bits per heavy atom. The van der Waals surface area contributed by atoms with Crippen molar-refractivity contribution < 1.29 is 9.18 Å². The third-order valence-corrected chi connectivity index (χ3v) is 2.25. The molecule has 0 spiro atoms. The summed E-state index contributed by atoms with van der Waals surface area (Å²) in [5.41, 5.74) is 6.86. The van der Waals surface area contributed by atoms with Crippen LogP contribution in [0.4, 0.5) is 10.1 Å². The maximum absolute atomic E-state index is 13.0. The van der Waals surface area contributed by atoms with Gasteiger partial charge in [0.05, 0.1) is 6.04 Å². The summed E-state index contributed by atoms with van der Waals surface area (Å²) in [7, 11) is 0. The van der Waals surface area contributed by atoms with E-state index in [0.717, 1.165) is 12.0 Å². The average Bonchev–Trinajstić information content (AvgIpc) is 2.16. The number of anilines is 1. The molecule has 0 aliphatic heterocycles. The molecule has 1 aromatic rings. The molecule has 0 unspecified atom stereocenters. The van der Waals surface area contributed by atoms with E-state index in [1.54, 1.807) is 13.0 Å². The van der Waals surface area contributed by atoms with Gasteiger partial charge < -0.3 is 11.1 Å². The lowest BCUT2D eigenvalue weighted by Crippen LogP contribution is -2.35. The standard InChI is InChI=1S/C12H17FN2O/c1-3-4-11(14)12(16)15-10-6-8(2)5-9(13)7-10/h5-7,11H,3-4,14H2,1-2H3,(H,15,16)/t11-/m1/s1. The van der Waals surface area contributed by atoms with Gasteiger partial charge in [0.2, 0.25) is 5.91 Å². The van der Waals surface area contributed by atoms with Crippen molar-refractivity contribution in [2.45, 2.75) is 32.7 Å². The van der Waals surface area contributed by atoms with Crippen molar-refractivity contribution in [3.8, 4) is 0 Å². The topological polar surface area (TPSA) is 55.1 Å². The molecular formula is C12H17FN2O. The van der Waals surface area contributed by atoms with Gasteiger partial charge in [-0.3, -0.25) is 4.79 Å². The first-order valence-electron chi connectivity index (χ1n) is 5.36. The molecule has 0 heterocycles. The highest BCUT2D eigenvalue weighted by Crippen LogP contribution is 2.13. The second-order valence-corrected chi connectivity index (χ2v) is 3.90. The number of halogens is 1. The molecule has 0 saturated carbocycles. The van der Waals surface area contributed by atoms with E-state index in [4.69, 9.17) is 5.73 Å². The summed E-state index contributed by atoms with van der Waals surface area (Å²) >= 11 is 0. The summed E-state index contributed by atoms with van der Waals surface area (Å²) in [5, 5.41) is 2.60. The summed E-state index contributed by atoms with van der Waals surface area (Å²) in [4.78, 5) is 11.6. The number of nitrogens with two attached hydrogens (primary N) is 1. The van der Waals surface area contributed by atoms with Crippen LogP contribution in [0.2, 0.25) is 0 Å². The molecule has 0 aromatic heterocycles. The minimum absolute atomic E-state index is 0.271. The number of hydrogen-bond donors (Lipinski definition) is 2.